The molecule has 0 bridgehead atoms. The van der Waals surface area contributed by atoms with E-state index in [-0.39, 0.29) is 0 Å². The summed E-state index contributed by atoms with van der Waals surface area (Å²) >= 11 is 1.84. The first-order valence-electron chi connectivity index (χ1n) is 8.11. The number of imidazole rings is 1. The van der Waals surface area contributed by atoms with Crippen molar-refractivity contribution in [3.63, 3.8) is 0 Å². The molecular formula is C21H17N2S+. The van der Waals surface area contributed by atoms with Gasteiger partial charge >= 0.3 is 0 Å². The number of rotatable bonds is 1. The van der Waals surface area contributed by atoms with Crippen molar-refractivity contribution in [2.45, 2.75) is 6.92 Å². The van der Waals surface area contributed by atoms with E-state index in [0.29, 0.717) is 0 Å². The second-order valence-electron chi connectivity index (χ2n) is 6.29. The topological polar surface area (TPSA) is 8.29 Å². The molecule has 0 N–H and O–H groups in total. The van der Waals surface area contributed by atoms with Gasteiger partial charge in [-0.15, -0.1) is 0 Å². The summed E-state index contributed by atoms with van der Waals surface area (Å²) in [6, 6.07) is 21.7. The van der Waals surface area contributed by atoms with E-state index in [0.717, 1.165) is 0 Å². The minimum Gasteiger partial charge on any atom is -0.231 e. The van der Waals surface area contributed by atoms with E-state index in [4.69, 9.17) is 0 Å². The van der Waals surface area contributed by atoms with E-state index in [9.17, 15) is 0 Å². The third-order valence-electron chi connectivity index (χ3n) is 4.75. The van der Waals surface area contributed by atoms with Crippen LogP contribution in [-0.4, -0.2) is 4.40 Å². The minimum atomic E-state index is 1.25. The molecular weight excluding hydrogens is 312 g/mol. The first-order valence-corrected chi connectivity index (χ1v) is 8.93. The van der Waals surface area contributed by atoms with Crippen LogP contribution in [0.1, 0.15) is 5.56 Å². The van der Waals surface area contributed by atoms with Crippen LogP contribution in [0.15, 0.2) is 66.9 Å². The standard InChI is InChI=1S/C21H17N2S/c1-14-11-12-15-7-3-4-8-16(15)20(14)21-22(2)13-19-23(21)17-9-5-6-10-18(17)24-19/h3-13H,1-2H3/q+1. The molecule has 0 saturated carbocycles. The van der Waals surface area contributed by atoms with Crippen molar-refractivity contribution >= 4 is 37.2 Å². The molecule has 0 atom stereocenters. The zero-order chi connectivity index (χ0) is 16.3. The molecule has 24 heavy (non-hydrogen) atoms. The summed E-state index contributed by atoms with van der Waals surface area (Å²) in [5.41, 5.74) is 3.90. The van der Waals surface area contributed by atoms with Crippen LogP contribution < -0.4 is 4.57 Å². The van der Waals surface area contributed by atoms with Crippen LogP contribution in [0, 0.1) is 6.92 Å². The molecule has 3 heteroatoms. The van der Waals surface area contributed by atoms with Crippen molar-refractivity contribution in [3.8, 4) is 11.4 Å². The monoisotopic (exact) mass is 329 g/mol. The quantitative estimate of drug-likeness (QED) is 0.378. The van der Waals surface area contributed by atoms with E-state index in [1.807, 2.05) is 11.3 Å². The normalized spacial score (nSPS) is 11.8. The zero-order valence-corrected chi connectivity index (χ0v) is 14.5. The van der Waals surface area contributed by atoms with Gasteiger partial charge in [-0.3, -0.25) is 0 Å². The smallest absolute Gasteiger partial charge is 0.231 e. The van der Waals surface area contributed by atoms with Crippen molar-refractivity contribution in [3.05, 3.63) is 72.4 Å². The minimum absolute atomic E-state index is 1.25. The van der Waals surface area contributed by atoms with Gasteiger partial charge in [0, 0.05) is 0 Å². The number of aryl methyl sites for hydroxylation is 2. The van der Waals surface area contributed by atoms with Crippen LogP contribution in [0.4, 0.5) is 0 Å². The molecule has 5 aromatic rings. The summed E-state index contributed by atoms with van der Waals surface area (Å²) < 4.78 is 5.98. The SMILES string of the molecule is Cc1ccc2ccccc2c1-c1n2c(c[n+]1C)sc1ccccc12. The lowest BCUT2D eigenvalue weighted by Gasteiger charge is -2.07. The number of hydrogen-bond donors (Lipinski definition) is 0. The Balaban J connectivity index is 2.00. The van der Waals surface area contributed by atoms with Crippen molar-refractivity contribution in [1.82, 2.24) is 4.40 Å². The Morgan fingerprint density at radius 2 is 1.71 bits per heavy atom. The van der Waals surface area contributed by atoms with Crippen LogP contribution in [-0.2, 0) is 7.05 Å². The average molecular weight is 329 g/mol. The second-order valence-corrected chi connectivity index (χ2v) is 7.35. The first kappa shape index (κ1) is 13.8. The lowest BCUT2D eigenvalue weighted by atomic mass is 9.99. The number of hydrogen-bond acceptors (Lipinski definition) is 1. The van der Waals surface area contributed by atoms with E-state index in [1.165, 1.54) is 42.8 Å². The van der Waals surface area contributed by atoms with Gasteiger partial charge < -0.3 is 0 Å². The molecule has 2 nitrogen and oxygen atoms in total. The maximum Gasteiger partial charge on any atom is 0.295 e. The Hall–Kier alpha value is -2.65. The number of benzene rings is 3. The van der Waals surface area contributed by atoms with Gasteiger partial charge in [-0.1, -0.05) is 59.9 Å². The van der Waals surface area contributed by atoms with Crippen molar-refractivity contribution < 1.29 is 4.57 Å². The summed E-state index contributed by atoms with van der Waals surface area (Å²) in [5.74, 6) is 1.25. The number of thiazole rings is 1. The fourth-order valence-electron chi connectivity index (χ4n) is 3.66. The molecule has 0 saturated heterocycles. The third-order valence-corrected chi connectivity index (χ3v) is 5.81. The molecule has 116 valence electrons. The van der Waals surface area contributed by atoms with Gasteiger partial charge in [-0.25, -0.2) is 4.57 Å². The number of nitrogens with zero attached hydrogens (tertiary/aromatic N) is 2. The summed E-state index contributed by atoms with van der Waals surface area (Å²) in [5, 5.41) is 2.59. The summed E-state index contributed by atoms with van der Waals surface area (Å²) in [6.07, 6.45) is 2.24. The van der Waals surface area contributed by atoms with Crippen molar-refractivity contribution in [1.29, 1.82) is 0 Å². The predicted octanol–water partition coefficient (Wildman–Crippen LogP) is 5.11. The largest absolute Gasteiger partial charge is 0.295 e. The van der Waals surface area contributed by atoms with Gasteiger partial charge in [-0.2, -0.15) is 4.40 Å². The molecule has 0 spiro atoms. The highest BCUT2D eigenvalue weighted by Gasteiger charge is 2.25. The van der Waals surface area contributed by atoms with Gasteiger partial charge in [0.1, 0.15) is 6.20 Å². The highest BCUT2D eigenvalue weighted by atomic mass is 32.1. The Morgan fingerprint density at radius 3 is 2.62 bits per heavy atom. The zero-order valence-electron chi connectivity index (χ0n) is 13.7. The molecule has 0 fully saturated rings. The Kier molecular flexibility index (Phi) is 2.82. The highest BCUT2D eigenvalue weighted by molar-refractivity contribution is 7.23. The van der Waals surface area contributed by atoms with Gasteiger partial charge in [-0.05, 0) is 35.4 Å². The maximum absolute atomic E-state index is 2.40. The molecule has 2 heterocycles. The second kappa shape index (κ2) is 4.92. The number of fused-ring (bicyclic) bond motifs is 4. The molecule has 5 rings (SSSR count). The molecule has 0 unspecified atom stereocenters. The molecule has 0 aliphatic carbocycles. The summed E-state index contributed by atoms with van der Waals surface area (Å²) in [4.78, 5) is 1.28. The lowest BCUT2D eigenvalue weighted by molar-refractivity contribution is -0.658. The lowest BCUT2D eigenvalue weighted by Crippen LogP contribution is -2.28. The van der Waals surface area contributed by atoms with Gasteiger partial charge in [0.25, 0.3) is 5.82 Å². The molecule has 0 aliphatic rings. The fraction of sp³-hybridized carbons (Fsp3) is 0.0952. The number of para-hydroxylation sites is 1. The van der Waals surface area contributed by atoms with Crippen LogP contribution in [0.25, 0.3) is 37.2 Å². The summed E-state index contributed by atoms with van der Waals surface area (Å²) in [6.45, 7) is 2.20. The highest BCUT2D eigenvalue weighted by Crippen LogP contribution is 2.35. The van der Waals surface area contributed by atoms with Crippen molar-refractivity contribution in [2.75, 3.05) is 0 Å². The average Bonchev–Trinajstić information content (AvgIpc) is 3.10. The molecule has 2 aromatic heterocycles. The molecule has 0 amide bonds. The molecule has 0 aliphatic heterocycles. The predicted molar refractivity (Wildman–Crippen MR) is 102 cm³/mol. The van der Waals surface area contributed by atoms with Gasteiger partial charge in [0.15, 0.2) is 5.52 Å². The fourth-order valence-corrected chi connectivity index (χ4v) is 4.78. The van der Waals surface area contributed by atoms with Crippen LogP contribution in [0.3, 0.4) is 0 Å². The van der Waals surface area contributed by atoms with Crippen molar-refractivity contribution in [2.24, 2.45) is 7.05 Å². The van der Waals surface area contributed by atoms with E-state index in [2.05, 4.69) is 89.8 Å². The van der Waals surface area contributed by atoms with Gasteiger partial charge in [0.05, 0.1) is 17.3 Å². The van der Waals surface area contributed by atoms with Gasteiger partial charge in [0.2, 0.25) is 4.83 Å². The van der Waals surface area contributed by atoms with Crippen LogP contribution >= 0.6 is 11.3 Å². The van der Waals surface area contributed by atoms with Crippen LogP contribution in [0.2, 0.25) is 0 Å². The molecule has 0 radical (unpaired) electrons. The Labute approximate surface area is 144 Å². The summed E-state index contributed by atoms with van der Waals surface area (Å²) in [7, 11) is 2.14. The van der Waals surface area contributed by atoms with E-state index < -0.39 is 0 Å². The van der Waals surface area contributed by atoms with Crippen LogP contribution in [0.5, 0.6) is 0 Å². The molecule has 3 aromatic carbocycles. The number of aromatic nitrogens is 2. The Bertz CT molecular complexity index is 1230. The Morgan fingerprint density at radius 1 is 0.917 bits per heavy atom. The maximum atomic E-state index is 2.40. The van der Waals surface area contributed by atoms with E-state index >= 15 is 0 Å². The third kappa shape index (κ3) is 1.79. The first-order chi connectivity index (χ1) is 11.7. The van der Waals surface area contributed by atoms with E-state index in [1.54, 1.807) is 0 Å².